The van der Waals surface area contributed by atoms with Gasteiger partial charge in [0.2, 0.25) is 11.8 Å². The second kappa shape index (κ2) is 10.6. The number of carbonyl (C=O) groups is 2. The molecule has 7 heteroatoms. The maximum Gasteiger partial charge on any atom is 0.227 e. The van der Waals surface area contributed by atoms with Crippen LogP contribution in [0.15, 0.2) is 24.3 Å². The molecule has 31 heavy (non-hydrogen) atoms. The Kier molecular flexibility index (Phi) is 7.56. The summed E-state index contributed by atoms with van der Waals surface area (Å²) >= 11 is 0. The highest BCUT2D eigenvalue weighted by atomic mass is 19.1. The van der Waals surface area contributed by atoms with Gasteiger partial charge >= 0.3 is 0 Å². The van der Waals surface area contributed by atoms with Crippen LogP contribution >= 0.6 is 0 Å². The summed E-state index contributed by atoms with van der Waals surface area (Å²) < 4.78 is 18.5. The number of piperidine rings is 2. The zero-order valence-electron chi connectivity index (χ0n) is 18.3. The third kappa shape index (κ3) is 6.04. The van der Waals surface area contributed by atoms with E-state index in [0.29, 0.717) is 31.8 Å². The van der Waals surface area contributed by atoms with Crippen LogP contribution in [0.4, 0.5) is 4.39 Å². The minimum Gasteiger partial charge on any atom is -0.379 e. The molecule has 3 heterocycles. The van der Waals surface area contributed by atoms with Crippen molar-refractivity contribution < 1.29 is 18.7 Å². The van der Waals surface area contributed by atoms with Gasteiger partial charge in [-0.25, -0.2) is 4.39 Å². The molecule has 4 rings (SSSR count). The maximum atomic E-state index is 13.1. The van der Waals surface area contributed by atoms with Crippen molar-refractivity contribution in [1.82, 2.24) is 14.7 Å². The van der Waals surface area contributed by atoms with Gasteiger partial charge in [0.15, 0.2) is 0 Å². The number of amides is 2. The first-order valence-electron chi connectivity index (χ1n) is 11.7. The highest BCUT2D eigenvalue weighted by Gasteiger charge is 2.34. The minimum atomic E-state index is -0.200. The zero-order chi connectivity index (χ0) is 21.6. The monoisotopic (exact) mass is 431 g/mol. The Labute approximate surface area is 184 Å². The number of carbonyl (C=O) groups excluding carboxylic acids is 2. The molecule has 0 radical (unpaired) electrons. The first-order valence-corrected chi connectivity index (χ1v) is 11.7. The molecule has 0 bridgehead atoms. The standard InChI is InChI=1S/C24H34FN3O3/c25-22-4-1-19(2-5-22)17-20-7-9-27(10-8-20)24(30)21-3-6-23(29)28(18-21)12-11-26-13-15-31-16-14-26/h1-2,4-5,20-21H,3,6-18H2/t21-/m0/s1. The van der Waals surface area contributed by atoms with E-state index in [9.17, 15) is 14.0 Å². The van der Waals surface area contributed by atoms with Gasteiger partial charge in [-0.2, -0.15) is 0 Å². The Bertz CT molecular complexity index is 743. The van der Waals surface area contributed by atoms with Crippen molar-refractivity contribution in [3.63, 3.8) is 0 Å². The molecule has 3 aliphatic heterocycles. The molecule has 6 nitrogen and oxygen atoms in total. The maximum absolute atomic E-state index is 13.1. The van der Waals surface area contributed by atoms with E-state index in [2.05, 4.69) is 4.90 Å². The fourth-order valence-electron chi connectivity index (χ4n) is 4.99. The van der Waals surface area contributed by atoms with E-state index in [-0.39, 0.29) is 23.5 Å². The number of ether oxygens (including phenoxy) is 1. The van der Waals surface area contributed by atoms with E-state index < -0.39 is 0 Å². The second-order valence-electron chi connectivity index (χ2n) is 9.13. The van der Waals surface area contributed by atoms with Crippen molar-refractivity contribution in [2.45, 2.75) is 32.1 Å². The van der Waals surface area contributed by atoms with Crippen molar-refractivity contribution in [2.24, 2.45) is 11.8 Å². The van der Waals surface area contributed by atoms with Gasteiger partial charge in [-0.05, 0) is 49.3 Å². The lowest BCUT2D eigenvalue weighted by molar-refractivity contribution is -0.144. The first kappa shape index (κ1) is 22.2. The normalized spacial score (nSPS) is 23.9. The van der Waals surface area contributed by atoms with E-state index in [1.54, 1.807) is 0 Å². The lowest BCUT2D eigenvalue weighted by atomic mass is 9.89. The molecular formula is C24H34FN3O3. The molecular weight excluding hydrogens is 397 g/mol. The van der Waals surface area contributed by atoms with Crippen molar-refractivity contribution in [1.29, 1.82) is 0 Å². The molecule has 3 fully saturated rings. The van der Waals surface area contributed by atoms with Crippen LogP contribution in [0, 0.1) is 17.7 Å². The Morgan fingerprint density at radius 1 is 1.00 bits per heavy atom. The van der Waals surface area contributed by atoms with Gasteiger partial charge in [0, 0.05) is 52.2 Å². The average Bonchev–Trinajstić information content (AvgIpc) is 2.81. The molecule has 3 saturated heterocycles. The van der Waals surface area contributed by atoms with Crippen LogP contribution in [0.3, 0.4) is 0 Å². The van der Waals surface area contributed by atoms with Crippen LogP contribution in [0.2, 0.25) is 0 Å². The molecule has 0 saturated carbocycles. The van der Waals surface area contributed by atoms with E-state index >= 15 is 0 Å². The molecule has 2 amide bonds. The molecule has 1 atom stereocenters. The average molecular weight is 432 g/mol. The molecule has 0 N–H and O–H groups in total. The minimum absolute atomic E-state index is 0.0731. The molecule has 0 aromatic heterocycles. The number of hydrogen-bond acceptors (Lipinski definition) is 4. The number of nitrogens with zero attached hydrogens (tertiary/aromatic N) is 3. The summed E-state index contributed by atoms with van der Waals surface area (Å²) in [6, 6.07) is 6.75. The lowest BCUT2D eigenvalue weighted by Crippen LogP contribution is -2.50. The fraction of sp³-hybridized carbons (Fsp3) is 0.667. The van der Waals surface area contributed by atoms with Gasteiger partial charge in [-0.1, -0.05) is 12.1 Å². The van der Waals surface area contributed by atoms with Crippen LogP contribution in [0.5, 0.6) is 0 Å². The zero-order valence-corrected chi connectivity index (χ0v) is 18.3. The number of halogens is 1. The first-order chi connectivity index (χ1) is 15.1. The lowest BCUT2D eigenvalue weighted by Gasteiger charge is -2.38. The SMILES string of the molecule is O=C1CC[C@H](C(=O)N2CCC(Cc3ccc(F)cc3)CC2)CN1CCN1CCOCC1. The van der Waals surface area contributed by atoms with Crippen molar-refractivity contribution >= 4 is 11.8 Å². The largest absolute Gasteiger partial charge is 0.379 e. The topological polar surface area (TPSA) is 53.1 Å². The van der Waals surface area contributed by atoms with Crippen LogP contribution in [0.1, 0.15) is 31.2 Å². The van der Waals surface area contributed by atoms with Gasteiger partial charge in [0.1, 0.15) is 5.82 Å². The number of hydrogen-bond donors (Lipinski definition) is 0. The number of benzene rings is 1. The third-order valence-corrected chi connectivity index (χ3v) is 7.00. The Balaban J connectivity index is 1.23. The molecule has 170 valence electrons. The van der Waals surface area contributed by atoms with E-state index in [1.165, 1.54) is 12.1 Å². The Hall–Kier alpha value is -1.99. The highest BCUT2D eigenvalue weighted by Crippen LogP contribution is 2.26. The third-order valence-electron chi connectivity index (χ3n) is 7.00. The molecule has 1 aromatic rings. The predicted octanol–water partition coefficient (Wildman–Crippen LogP) is 2.18. The summed E-state index contributed by atoms with van der Waals surface area (Å²) in [5.74, 6) is 0.650. The number of likely N-dealkylation sites (tertiary alicyclic amines) is 2. The second-order valence-corrected chi connectivity index (χ2v) is 9.13. The van der Waals surface area contributed by atoms with Gasteiger partial charge < -0.3 is 14.5 Å². The van der Waals surface area contributed by atoms with E-state index in [0.717, 1.165) is 70.8 Å². The quantitative estimate of drug-likeness (QED) is 0.693. The molecule has 1 aromatic carbocycles. The molecule has 0 aliphatic carbocycles. The Morgan fingerprint density at radius 3 is 2.42 bits per heavy atom. The summed E-state index contributed by atoms with van der Waals surface area (Å²) in [5.41, 5.74) is 1.16. The van der Waals surface area contributed by atoms with Crippen molar-refractivity contribution in [3.8, 4) is 0 Å². The molecule has 0 spiro atoms. The van der Waals surface area contributed by atoms with Crippen LogP contribution in [0.25, 0.3) is 0 Å². The smallest absolute Gasteiger partial charge is 0.227 e. The number of morpholine rings is 1. The summed E-state index contributed by atoms with van der Waals surface area (Å²) in [6.45, 7) is 7.00. The van der Waals surface area contributed by atoms with Crippen LogP contribution < -0.4 is 0 Å². The molecule has 0 unspecified atom stereocenters. The van der Waals surface area contributed by atoms with E-state index in [4.69, 9.17) is 4.74 Å². The van der Waals surface area contributed by atoms with Gasteiger partial charge in [-0.15, -0.1) is 0 Å². The number of rotatable bonds is 6. The summed E-state index contributed by atoms with van der Waals surface area (Å²) in [6.07, 6.45) is 4.04. The predicted molar refractivity (Wildman–Crippen MR) is 116 cm³/mol. The van der Waals surface area contributed by atoms with E-state index in [1.807, 2.05) is 21.9 Å². The molecule has 3 aliphatic rings. The van der Waals surface area contributed by atoms with Crippen LogP contribution in [-0.2, 0) is 20.7 Å². The Morgan fingerprint density at radius 2 is 1.71 bits per heavy atom. The summed E-state index contributed by atoms with van der Waals surface area (Å²) in [5, 5.41) is 0. The highest BCUT2D eigenvalue weighted by molar-refractivity contribution is 5.84. The summed E-state index contributed by atoms with van der Waals surface area (Å²) in [4.78, 5) is 31.7. The van der Waals surface area contributed by atoms with Gasteiger partial charge in [0.25, 0.3) is 0 Å². The summed E-state index contributed by atoms with van der Waals surface area (Å²) in [7, 11) is 0. The van der Waals surface area contributed by atoms with Gasteiger partial charge in [-0.3, -0.25) is 14.5 Å². The van der Waals surface area contributed by atoms with Crippen LogP contribution in [-0.4, -0.2) is 85.5 Å². The van der Waals surface area contributed by atoms with Crippen molar-refractivity contribution in [3.05, 3.63) is 35.6 Å². The fourth-order valence-corrected chi connectivity index (χ4v) is 4.99. The van der Waals surface area contributed by atoms with Gasteiger partial charge in [0.05, 0.1) is 19.1 Å². The van der Waals surface area contributed by atoms with Crippen molar-refractivity contribution in [2.75, 3.05) is 59.0 Å².